The predicted octanol–water partition coefficient (Wildman–Crippen LogP) is 7.16. The van der Waals surface area contributed by atoms with Gasteiger partial charge in [-0.2, -0.15) is 0 Å². The van der Waals surface area contributed by atoms with E-state index >= 15 is 0 Å². The fraction of sp³-hybridized carbons (Fsp3) is 0.464. The average Bonchev–Trinajstić information content (AvgIpc) is 2.76. The lowest BCUT2D eigenvalue weighted by Crippen LogP contribution is -2.22. The van der Waals surface area contributed by atoms with Gasteiger partial charge in [-0.1, -0.05) is 48.5 Å². The SMILES string of the molecule is CCCOc1c(/C=C/C(=O)c2ccc(O)cc2)cc(C(C)(C)CC)c(O)c1C(C)(C)CC. The van der Waals surface area contributed by atoms with E-state index in [4.69, 9.17) is 4.74 Å². The van der Waals surface area contributed by atoms with Crippen molar-refractivity contribution >= 4 is 11.9 Å². The van der Waals surface area contributed by atoms with Crippen molar-refractivity contribution in [3.8, 4) is 17.2 Å². The topological polar surface area (TPSA) is 66.8 Å². The van der Waals surface area contributed by atoms with Crippen molar-refractivity contribution < 1.29 is 19.7 Å². The zero-order valence-corrected chi connectivity index (χ0v) is 20.6. The molecule has 32 heavy (non-hydrogen) atoms. The van der Waals surface area contributed by atoms with Gasteiger partial charge in [-0.15, -0.1) is 0 Å². The molecule has 0 amide bonds. The summed E-state index contributed by atoms with van der Waals surface area (Å²) in [5.41, 5.74) is 2.39. The van der Waals surface area contributed by atoms with Crippen molar-refractivity contribution in [1.82, 2.24) is 0 Å². The molecule has 0 aromatic heterocycles. The van der Waals surface area contributed by atoms with Crippen LogP contribution in [0.4, 0.5) is 0 Å². The first-order valence-electron chi connectivity index (χ1n) is 11.5. The second-order valence-corrected chi connectivity index (χ2v) is 9.63. The Labute approximate surface area is 193 Å². The molecule has 0 saturated carbocycles. The van der Waals surface area contributed by atoms with E-state index in [1.165, 1.54) is 18.2 Å². The van der Waals surface area contributed by atoms with Crippen LogP contribution in [0.2, 0.25) is 0 Å². The highest BCUT2D eigenvalue weighted by molar-refractivity contribution is 6.07. The number of hydrogen-bond acceptors (Lipinski definition) is 4. The first kappa shape index (κ1) is 25.5. The van der Waals surface area contributed by atoms with Gasteiger partial charge in [-0.05, 0) is 72.6 Å². The van der Waals surface area contributed by atoms with Crippen LogP contribution in [0.25, 0.3) is 6.08 Å². The quantitative estimate of drug-likeness (QED) is 0.305. The van der Waals surface area contributed by atoms with Gasteiger partial charge in [0, 0.05) is 22.3 Å². The lowest BCUT2D eigenvalue weighted by Gasteiger charge is -2.33. The lowest BCUT2D eigenvalue weighted by molar-refractivity contribution is 0.104. The molecule has 0 aliphatic rings. The smallest absolute Gasteiger partial charge is 0.185 e. The van der Waals surface area contributed by atoms with Crippen LogP contribution >= 0.6 is 0 Å². The maximum absolute atomic E-state index is 12.7. The van der Waals surface area contributed by atoms with Crippen LogP contribution in [0, 0.1) is 0 Å². The summed E-state index contributed by atoms with van der Waals surface area (Å²) in [4.78, 5) is 12.7. The molecule has 0 aliphatic heterocycles. The van der Waals surface area contributed by atoms with E-state index in [-0.39, 0.29) is 28.1 Å². The van der Waals surface area contributed by atoms with Gasteiger partial charge in [-0.3, -0.25) is 4.79 Å². The van der Waals surface area contributed by atoms with E-state index < -0.39 is 0 Å². The number of carbonyl (C=O) groups excluding carboxylic acids is 1. The van der Waals surface area contributed by atoms with Crippen molar-refractivity contribution in [2.75, 3.05) is 6.61 Å². The Morgan fingerprint density at radius 1 is 0.969 bits per heavy atom. The number of aromatic hydroxyl groups is 2. The normalized spacial score (nSPS) is 12.3. The molecule has 2 N–H and O–H groups in total. The molecule has 2 rings (SSSR count). The zero-order chi connectivity index (χ0) is 24.1. The van der Waals surface area contributed by atoms with Crippen molar-refractivity contribution in [3.63, 3.8) is 0 Å². The number of benzene rings is 2. The molecule has 0 saturated heterocycles. The van der Waals surface area contributed by atoms with Crippen molar-refractivity contribution in [2.24, 2.45) is 0 Å². The van der Waals surface area contributed by atoms with Crippen LogP contribution < -0.4 is 4.74 Å². The third kappa shape index (κ3) is 5.53. The standard InChI is InChI=1S/C28H38O4/c1-8-17-32-26-20(13-16-23(30)19-11-14-21(29)15-12-19)18-22(27(4,5)9-2)25(31)24(26)28(6,7)10-3/h11-16,18,29,31H,8-10,17H2,1-7H3/b16-13+. The van der Waals surface area contributed by atoms with Crippen LogP contribution in [0.3, 0.4) is 0 Å². The van der Waals surface area contributed by atoms with Gasteiger partial charge >= 0.3 is 0 Å². The maximum Gasteiger partial charge on any atom is 0.185 e. The molecule has 174 valence electrons. The van der Waals surface area contributed by atoms with E-state index in [2.05, 4.69) is 41.5 Å². The van der Waals surface area contributed by atoms with Crippen LogP contribution in [0.15, 0.2) is 36.4 Å². The summed E-state index contributed by atoms with van der Waals surface area (Å²) in [6, 6.07) is 8.16. The minimum atomic E-state index is -0.309. The molecular weight excluding hydrogens is 400 g/mol. The summed E-state index contributed by atoms with van der Waals surface area (Å²) in [7, 11) is 0. The minimum Gasteiger partial charge on any atom is -0.508 e. The molecule has 0 radical (unpaired) electrons. The van der Waals surface area contributed by atoms with Crippen LogP contribution in [0.5, 0.6) is 17.2 Å². The highest BCUT2D eigenvalue weighted by Gasteiger charge is 2.33. The lowest BCUT2D eigenvalue weighted by atomic mass is 9.74. The summed E-state index contributed by atoms with van der Waals surface area (Å²) < 4.78 is 6.19. The molecule has 0 heterocycles. The second-order valence-electron chi connectivity index (χ2n) is 9.63. The van der Waals surface area contributed by atoms with Gasteiger partial charge in [0.25, 0.3) is 0 Å². The number of rotatable bonds is 10. The number of allylic oxidation sites excluding steroid dienone is 1. The van der Waals surface area contributed by atoms with E-state index in [0.717, 1.165) is 36.0 Å². The Balaban J connectivity index is 2.72. The fourth-order valence-electron chi connectivity index (χ4n) is 3.56. The number of ketones is 1. The predicted molar refractivity (Wildman–Crippen MR) is 132 cm³/mol. The third-order valence-corrected chi connectivity index (χ3v) is 6.47. The number of hydrogen-bond donors (Lipinski definition) is 2. The second kappa shape index (κ2) is 10.2. The van der Waals surface area contributed by atoms with Gasteiger partial charge < -0.3 is 14.9 Å². The fourth-order valence-corrected chi connectivity index (χ4v) is 3.56. The van der Waals surface area contributed by atoms with Crippen LogP contribution in [-0.2, 0) is 10.8 Å². The van der Waals surface area contributed by atoms with E-state index in [0.29, 0.717) is 17.9 Å². The Kier molecular flexibility index (Phi) is 8.17. The van der Waals surface area contributed by atoms with Gasteiger partial charge in [0.2, 0.25) is 0 Å². The summed E-state index contributed by atoms with van der Waals surface area (Å²) >= 11 is 0. The van der Waals surface area contributed by atoms with Gasteiger partial charge in [-0.25, -0.2) is 0 Å². The monoisotopic (exact) mass is 438 g/mol. The van der Waals surface area contributed by atoms with E-state index in [9.17, 15) is 15.0 Å². The Bertz CT molecular complexity index is 966. The number of carbonyl (C=O) groups is 1. The van der Waals surface area contributed by atoms with E-state index in [1.807, 2.05) is 13.0 Å². The largest absolute Gasteiger partial charge is 0.508 e. The van der Waals surface area contributed by atoms with Crippen LogP contribution in [-0.4, -0.2) is 22.6 Å². The molecule has 2 aromatic carbocycles. The molecule has 2 aromatic rings. The Morgan fingerprint density at radius 3 is 2.09 bits per heavy atom. The number of phenols is 2. The molecule has 0 spiro atoms. The Hall–Kier alpha value is -2.75. The molecule has 0 fully saturated rings. The molecular formula is C28H38O4. The van der Waals surface area contributed by atoms with Crippen molar-refractivity contribution in [2.45, 2.75) is 78.6 Å². The van der Waals surface area contributed by atoms with Gasteiger partial charge in [0.05, 0.1) is 6.61 Å². The first-order valence-corrected chi connectivity index (χ1v) is 11.5. The highest BCUT2D eigenvalue weighted by Crippen LogP contribution is 2.48. The third-order valence-electron chi connectivity index (χ3n) is 6.47. The first-order chi connectivity index (χ1) is 15.0. The summed E-state index contributed by atoms with van der Waals surface area (Å²) in [5, 5.41) is 20.9. The minimum absolute atomic E-state index is 0.122. The van der Waals surface area contributed by atoms with E-state index in [1.54, 1.807) is 18.2 Å². The summed E-state index contributed by atoms with van der Waals surface area (Å²) in [6.07, 6.45) is 5.84. The zero-order valence-electron chi connectivity index (χ0n) is 20.6. The molecule has 0 unspecified atom stereocenters. The summed E-state index contributed by atoms with van der Waals surface area (Å²) in [5.74, 6) is 0.891. The molecule has 0 atom stereocenters. The van der Waals surface area contributed by atoms with Crippen molar-refractivity contribution in [1.29, 1.82) is 0 Å². The summed E-state index contributed by atoms with van der Waals surface area (Å²) in [6.45, 7) is 15.2. The molecule has 4 heteroatoms. The van der Waals surface area contributed by atoms with Crippen LogP contribution in [0.1, 0.15) is 94.8 Å². The molecule has 0 bridgehead atoms. The maximum atomic E-state index is 12.7. The van der Waals surface area contributed by atoms with Gasteiger partial charge in [0.15, 0.2) is 5.78 Å². The highest BCUT2D eigenvalue weighted by atomic mass is 16.5. The molecule has 4 nitrogen and oxygen atoms in total. The van der Waals surface area contributed by atoms with Crippen molar-refractivity contribution in [3.05, 3.63) is 58.7 Å². The Morgan fingerprint density at radius 2 is 1.56 bits per heavy atom. The number of phenolic OH excluding ortho intramolecular Hbond substituents is 2. The number of ether oxygens (including phenoxy) is 1. The average molecular weight is 439 g/mol. The van der Waals surface area contributed by atoms with Gasteiger partial charge in [0.1, 0.15) is 17.2 Å². The molecule has 0 aliphatic carbocycles.